The smallest absolute Gasteiger partial charge is 0.403 e. The highest BCUT2D eigenvalue weighted by atomic mass is 19.4. The fourth-order valence-electron chi connectivity index (χ4n) is 2.02. The fourth-order valence-corrected chi connectivity index (χ4v) is 2.02. The van der Waals surface area contributed by atoms with Gasteiger partial charge >= 0.3 is 12.1 Å². The lowest BCUT2D eigenvalue weighted by atomic mass is 10.1. The number of halogens is 3. The lowest BCUT2D eigenvalue weighted by Crippen LogP contribution is -2.42. The van der Waals surface area contributed by atoms with Gasteiger partial charge in [0.25, 0.3) is 0 Å². The fraction of sp³-hybridized carbons (Fsp3) is 0.900. The van der Waals surface area contributed by atoms with E-state index in [0.29, 0.717) is 5.92 Å². The van der Waals surface area contributed by atoms with Gasteiger partial charge in [-0.15, -0.1) is 0 Å². The van der Waals surface area contributed by atoms with E-state index in [2.05, 4.69) is 5.32 Å². The first-order chi connectivity index (χ1) is 7.30. The van der Waals surface area contributed by atoms with Crippen molar-refractivity contribution in [2.45, 2.75) is 38.4 Å². The highest BCUT2D eigenvalue weighted by molar-refractivity contribution is 5.71. The van der Waals surface area contributed by atoms with Crippen molar-refractivity contribution in [1.29, 1.82) is 0 Å². The van der Waals surface area contributed by atoms with E-state index < -0.39 is 24.6 Å². The Morgan fingerprint density at radius 2 is 2.12 bits per heavy atom. The Hall–Kier alpha value is -0.780. The maximum atomic E-state index is 12.3. The van der Waals surface area contributed by atoms with Gasteiger partial charge in [-0.1, -0.05) is 6.92 Å². The molecular weight excluding hydrogens is 223 g/mol. The van der Waals surface area contributed by atoms with E-state index in [1.165, 1.54) is 0 Å². The van der Waals surface area contributed by atoms with Crippen LogP contribution in [0.4, 0.5) is 13.2 Å². The minimum Gasteiger partial charge on any atom is -0.481 e. The van der Waals surface area contributed by atoms with Crippen molar-refractivity contribution >= 4 is 5.97 Å². The number of carboxylic acid groups (broad SMARTS) is 1. The summed E-state index contributed by atoms with van der Waals surface area (Å²) >= 11 is 0. The van der Waals surface area contributed by atoms with Crippen molar-refractivity contribution in [3.8, 4) is 0 Å². The highest BCUT2D eigenvalue weighted by Gasteiger charge is 2.45. The van der Waals surface area contributed by atoms with Crippen LogP contribution in [0.2, 0.25) is 0 Å². The molecule has 1 fully saturated rings. The first-order valence-electron chi connectivity index (χ1n) is 5.33. The molecule has 0 aliphatic heterocycles. The number of carboxylic acids is 1. The van der Waals surface area contributed by atoms with Crippen LogP contribution in [0.15, 0.2) is 0 Å². The molecule has 2 N–H and O–H groups in total. The van der Waals surface area contributed by atoms with E-state index >= 15 is 0 Å². The average Bonchev–Trinajstić information content (AvgIpc) is 2.48. The van der Waals surface area contributed by atoms with E-state index in [1.54, 1.807) is 0 Å². The van der Waals surface area contributed by atoms with Gasteiger partial charge in [0.2, 0.25) is 0 Å². The van der Waals surface area contributed by atoms with E-state index in [9.17, 15) is 18.0 Å². The second-order valence-corrected chi connectivity index (χ2v) is 4.46. The Labute approximate surface area is 92.0 Å². The monoisotopic (exact) mass is 239 g/mol. The first-order valence-corrected chi connectivity index (χ1v) is 5.33. The third-order valence-corrected chi connectivity index (χ3v) is 3.00. The van der Waals surface area contributed by atoms with Crippen LogP contribution in [-0.4, -0.2) is 29.8 Å². The molecule has 0 aromatic carbocycles. The zero-order valence-electron chi connectivity index (χ0n) is 9.05. The molecule has 1 aliphatic rings. The number of carbonyl (C=O) groups is 1. The SMILES string of the molecule is CC1CCC(NCC(C(=O)O)C(F)(F)F)C1. The summed E-state index contributed by atoms with van der Waals surface area (Å²) < 4.78 is 36.9. The van der Waals surface area contributed by atoms with Gasteiger partial charge < -0.3 is 10.4 Å². The van der Waals surface area contributed by atoms with Gasteiger partial charge in [-0.25, -0.2) is 0 Å². The summed E-state index contributed by atoms with van der Waals surface area (Å²) in [6.45, 7) is 1.51. The predicted molar refractivity (Wildman–Crippen MR) is 52.0 cm³/mol. The van der Waals surface area contributed by atoms with Gasteiger partial charge in [-0.2, -0.15) is 13.2 Å². The van der Waals surface area contributed by atoms with Gasteiger partial charge in [-0.05, 0) is 25.2 Å². The minimum atomic E-state index is -4.68. The summed E-state index contributed by atoms with van der Waals surface area (Å²) in [7, 11) is 0. The molecule has 1 aliphatic carbocycles. The highest BCUT2D eigenvalue weighted by Crippen LogP contribution is 2.28. The number of nitrogens with one attached hydrogen (secondary N) is 1. The molecule has 3 unspecified atom stereocenters. The molecule has 0 spiro atoms. The van der Waals surface area contributed by atoms with Crippen molar-refractivity contribution in [2.24, 2.45) is 11.8 Å². The molecule has 6 heteroatoms. The lowest BCUT2D eigenvalue weighted by molar-refractivity contribution is -0.192. The summed E-state index contributed by atoms with van der Waals surface area (Å²) in [5.74, 6) is -3.61. The molecule has 0 amide bonds. The number of alkyl halides is 3. The van der Waals surface area contributed by atoms with Crippen molar-refractivity contribution < 1.29 is 23.1 Å². The van der Waals surface area contributed by atoms with Crippen LogP contribution in [0.5, 0.6) is 0 Å². The van der Waals surface area contributed by atoms with Crippen molar-refractivity contribution in [2.75, 3.05) is 6.54 Å². The predicted octanol–water partition coefficient (Wildman–Crippen LogP) is 2.03. The van der Waals surface area contributed by atoms with Crippen molar-refractivity contribution in [3.63, 3.8) is 0 Å². The number of hydrogen-bond donors (Lipinski definition) is 2. The second kappa shape index (κ2) is 5.03. The molecule has 0 heterocycles. The summed E-state index contributed by atoms with van der Waals surface area (Å²) in [5.41, 5.74) is 0. The first kappa shape index (κ1) is 13.3. The van der Waals surface area contributed by atoms with Gasteiger partial charge in [0, 0.05) is 12.6 Å². The van der Waals surface area contributed by atoms with E-state index in [1.807, 2.05) is 6.92 Å². The topological polar surface area (TPSA) is 49.3 Å². The molecule has 16 heavy (non-hydrogen) atoms. The Balaban J connectivity index is 2.42. The second-order valence-electron chi connectivity index (χ2n) is 4.46. The van der Waals surface area contributed by atoms with Gasteiger partial charge in [0.05, 0.1) is 0 Å². The summed E-state index contributed by atoms with van der Waals surface area (Å²) in [6, 6.07) is 0.0270. The molecule has 94 valence electrons. The summed E-state index contributed by atoms with van der Waals surface area (Å²) in [5, 5.41) is 11.2. The van der Waals surface area contributed by atoms with Crippen LogP contribution < -0.4 is 5.32 Å². The number of rotatable bonds is 4. The standard InChI is InChI=1S/C10H16F3NO2/c1-6-2-3-7(4-6)14-5-8(9(15)16)10(11,12)13/h6-8,14H,2-5H2,1H3,(H,15,16). The quantitative estimate of drug-likeness (QED) is 0.789. The van der Waals surface area contributed by atoms with Gasteiger partial charge in [0.15, 0.2) is 5.92 Å². The van der Waals surface area contributed by atoms with Gasteiger partial charge in [0.1, 0.15) is 0 Å². The minimum absolute atomic E-state index is 0.0270. The normalized spacial score (nSPS) is 28.0. The average molecular weight is 239 g/mol. The van der Waals surface area contributed by atoms with Crippen LogP contribution in [0.1, 0.15) is 26.2 Å². The molecule has 3 atom stereocenters. The Kier molecular flexibility index (Phi) is 4.18. The third-order valence-electron chi connectivity index (χ3n) is 3.00. The molecular formula is C10H16F3NO2. The number of aliphatic carboxylic acids is 1. The molecule has 1 rings (SSSR count). The zero-order chi connectivity index (χ0) is 12.3. The maximum absolute atomic E-state index is 12.3. The zero-order valence-corrected chi connectivity index (χ0v) is 9.05. The van der Waals surface area contributed by atoms with Crippen LogP contribution in [-0.2, 0) is 4.79 Å². The van der Waals surface area contributed by atoms with Crippen LogP contribution in [0, 0.1) is 11.8 Å². The molecule has 1 saturated carbocycles. The van der Waals surface area contributed by atoms with Crippen LogP contribution >= 0.6 is 0 Å². The van der Waals surface area contributed by atoms with E-state index in [4.69, 9.17) is 5.11 Å². The molecule has 0 saturated heterocycles. The lowest BCUT2D eigenvalue weighted by Gasteiger charge is -2.19. The van der Waals surface area contributed by atoms with Crippen molar-refractivity contribution in [1.82, 2.24) is 5.32 Å². The maximum Gasteiger partial charge on any atom is 0.403 e. The molecule has 0 aromatic rings. The number of hydrogen-bond acceptors (Lipinski definition) is 2. The molecule has 0 radical (unpaired) electrons. The third kappa shape index (κ3) is 3.66. The van der Waals surface area contributed by atoms with E-state index in [-0.39, 0.29) is 6.04 Å². The Morgan fingerprint density at radius 3 is 2.50 bits per heavy atom. The summed E-state index contributed by atoms with van der Waals surface area (Å²) in [4.78, 5) is 10.5. The van der Waals surface area contributed by atoms with E-state index in [0.717, 1.165) is 19.3 Å². The molecule has 0 bridgehead atoms. The molecule has 0 aromatic heterocycles. The van der Waals surface area contributed by atoms with Gasteiger partial charge in [-0.3, -0.25) is 4.79 Å². The van der Waals surface area contributed by atoms with Crippen LogP contribution in [0.25, 0.3) is 0 Å². The largest absolute Gasteiger partial charge is 0.481 e. The Bertz CT molecular complexity index is 255. The summed E-state index contributed by atoms with van der Waals surface area (Å²) in [6.07, 6.45) is -2.04. The van der Waals surface area contributed by atoms with Crippen LogP contribution in [0.3, 0.4) is 0 Å². The van der Waals surface area contributed by atoms with Crippen molar-refractivity contribution in [3.05, 3.63) is 0 Å². The molecule has 3 nitrogen and oxygen atoms in total. The Morgan fingerprint density at radius 1 is 1.50 bits per heavy atom.